The van der Waals surface area contributed by atoms with Crippen molar-refractivity contribution in [1.29, 1.82) is 0 Å². The van der Waals surface area contributed by atoms with E-state index in [1.165, 1.54) is 0 Å². The van der Waals surface area contributed by atoms with Gasteiger partial charge in [0, 0.05) is 24.4 Å². The highest BCUT2D eigenvalue weighted by Gasteiger charge is 2.51. The predicted octanol–water partition coefficient (Wildman–Crippen LogP) is 3.82. The van der Waals surface area contributed by atoms with Crippen LogP contribution in [0.25, 0.3) is 11.1 Å². The Morgan fingerprint density at radius 1 is 1.03 bits per heavy atom. The second-order valence-corrected chi connectivity index (χ2v) is 8.15. The molecule has 2 amide bonds. The summed E-state index contributed by atoms with van der Waals surface area (Å²) in [5.74, 6) is 1.68. The zero-order chi connectivity index (χ0) is 22.3. The third-order valence-corrected chi connectivity index (χ3v) is 6.13. The molecule has 0 spiro atoms. The molecular formula is C25H23N3O4. The molecule has 1 aliphatic heterocycles. The molecule has 0 saturated heterocycles. The van der Waals surface area contributed by atoms with E-state index in [9.17, 15) is 9.59 Å². The molecule has 0 bridgehead atoms. The van der Waals surface area contributed by atoms with Crippen LogP contribution < -0.4 is 20.1 Å². The molecule has 5 rings (SSSR count). The number of hydrogen-bond donors (Lipinski definition) is 2. The van der Waals surface area contributed by atoms with Gasteiger partial charge in [-0.15, -0.1) is 0 Å². The number of amides is 2. The van der Waals surface area contributed by atoms with Crippen molar-refractivity contribution in [3.8, 4) is 22.6 Å². The van der Waals surface area contributed by atoms with Gasteiger partial charge in [0.25, 0.3) is 5.91 Å². The minimum Gasteiger partial charge on any atom is -0.454 e. The number of aryl methyl sites for hydroxylation is 1. The molecule has 2 aliphatic rings. The summed E-state index contributed by atoms with van der Waals surface area (Å²) in [6, 6.07) is 14.9. The van der Waals surface area contributed by atoms with Gasteiger partial charge in [-0.05, 0) is 66.8 Å². The van der Waals surface area contributed by atoms with Crippen LogP contribution in [0.5, 0.6) is 11.5 Å². The first kappa shape index (κ1) is 20.1. The van der Waals surface area contributed by atoms with E-state index in [1.54, 1.807) is 19.3 Å². The number of carbonyl (C=O) groups excluding carboxylic acids is 2. The van der Waals surface area contributed by atoms with Gasteiger partial charge in [-0.1, -0.05) is 18.2 Å². The molecule has 32 heavy (non-hydrogen) atoms. The van der Waals surface area contributed by atoms with E-state index >= 15 is 0 Å². The maximum atomic E-state index is 13.1. The Bertz CT molecular complexity index is 1230. The molecule has 3 aromatic rings. The molecule has 162 valence electrons. The van der Waals surface area contributed by atoms with Crippen molar-refractivity contribution in [1.82, 2.24) is 10.3 Å². The minimum atomic E-state index is -0.558. The van der Waals surface area contributed by atoms with Crippen molar-refractivity contribution in [2.24, 2.45) is 0 Å². The van der Waals surface area contributed by atoms with Crippen LogP contribution in [0.15, 0.2) is 54.7 Å². The zero-order valence-corrected chi connectivity index (χ0v) is 17.9. The molecule has 2 heterocycles. The lowest BCUT2D eigenvalue weighted by molar-refractivity contribution is -0.118. The first-order valence-electron chi connectivity index (χ1n) is 10.5. The number of aromatic nitrogens is 1. The van der Waals surface area contributed by atoms with Crippen LogP contribution in [0.1, 0.15) is 34.3 Å². The van der Waals surface area contributed by atoms with Crippen LogP contribution in [0.4, 0.5) is 5.82 Å². The van der Waals surface area contributed by atoms with Crippen LogP contribution in [0.3, 0.4) is 0 Å². The average molecular weight is 429 g/mol. The van der Waals surface area contributed by atoms with E-state index in [1.807, 2.05) is 49.4 Å². The third-order valence-electron chi connectivity index (χ3n) is 6.13. The number of rotatable bonds is 5. The van der Waals surface area contributed by atoms with Crippen molar-refractivity contribution >= 4 is 17.6 Å². The van der Waals surface area contributed by atoms with Crippen molar-refractivity contribution < 1.29 is 19.1 Å². The predicted molar refractivity (Wildman–Crippen MR) is 120 cm³/mol. The highest BCUT2D eigenvalue weighted by atomic mass is 16.7. The standard InChI is InChI=1S/C25H23N3O4/c1-15-10-22(27-13-19(15)16-4-3-5-17(11-16)23(29)26-2)28-24(30)25(8-9-25)18-6-7-20-21(12-18)32-14-31-20/h3-7,10-13H,8-9,14H2,1-2H3,(H,26,29)(H,27,28,30). The quantitative estimate of drug-likeness (QED) is 0.644. The second kappa shape index (κ2) is 7.67. The largest absolute Gasteiger partial charge is 0.454 e. The van der Waals surface area contributed by atoms with Gasteiger partial charge in [0.2, 0.25) is 12.7 Å². The lowest BCUT2D eigenvalue weighted by atomic mass is 9.94. The Morgan fingerprint density at radius 3 is 2.59 bits per heavy atom. The number of benzene rings is 2. The van der Waals surface area contributed by atoms with Crippen molar-refractivity contribution in [2.75, 3.05) is 19.2 Å². The van der Waals surface area contributed by atoms with Gasteiger partial charge in [0.15, 0.2) is 11.5 Å². The Hall–Kier alpha value is -3.87. The van der Waals surface area contributed by atoms with Gasteiger partial charge in [-0.2, -0.15) is 0 Å². The fourth-order valence-corrected chi connectivity index (χ4v) is 4.10. The molecular weight excluding hydrogens is 406 g/mol. The average Bonchev–Trinajstić information content (AvgIpc) is 3.49. The first-order valence-corrected chi connectivity index (χ1v) is 10.5. The SMILES string of the molecule is CNC(=O)c1cccc(-c2cnc(NC(=O)C3(c4ccc5c(c4)OCO5)CC3)cc2C)c1. The molecule has 0 atom stereocenters. The number of nitrogens with one attached hydrogen (secondary N) is 2. The molecule has 1 saturated carbocycles. The lowest BCUT2D eigenvalue weighted by Gasteiger charge is -2.17. The van der Waals surface area contributed by atoms with E-state index in [2.05, 4.69) is 15.6 Å². The summed E-state index contributed by atoms with van der Waals surface area (Å²) in [5, 5.41) is 5.62. The highest BCUT2D eigenvalue weighted by Crippen LogP contribution is 2.51. The van der Waals surface area contributed by atoms with E-state index in [-0.39, 0.29) is 18.6 Å². The molecule has 7 heteroatoms. The Labute approximate surface area is 185 Å². The van der Waals surface area contributed by atoms with E-state index in [0.717, 1.165) is 35.1 Å². The molecule has 7 nitrogen and oxygen atoms in total. The molecule has 2 aromatic carbocycles. The fraction of sp³-hybridized carbons (Fsp3) is 0.240. The van der Waals surface area contributed by atoms with E-state index in [0.29, 0.717) is 22.9 Å². The number of fused-ring (bicyclic) bond motifs is 1. The van der Waals surface area contributed by atoms with Gasteiger partial charge in [0.05, 0.1) is 5.41 Å². The number of hydrogen-bond acceptors (Lipinski definition) is 5. The summed E-state index contributed by atoms with van der Waals surface area (Å²) < 4.78 is 10.8. The lowest BCUT2D eigenvalue weighted by Crippen LogP contribution is -2.28. The minimum absolute atomic E-state index is 0.0716. The fourth-order valence-electron chi connectivity index (χ4n) is 4.10. The van der Waals surface area contributed by atoms with Crippen molar-refractivity contribution in [3.05, 3.63) is 71.4 Å². The van der Waals surface area contributed by atoms with Crippen LogP contribution in [0, 0.1) is 6.92 Å². The zero-order valence-electron chi connectivity index (χ0n) is 17.9. The Balaban J connectivity index is 1.36. The van der Waals surface area contributed by atoms with Gasteiger partial charge in [0.1, 0.15) is 5.82 Å². The molecule has 2 N–H and O–H groups in total. The first-order chi connectivity index (χ1) is 15.5. The maximum Gasteiger partial charge on any atom is 0.251 e. The van der Waals surface area contributed by atoms with Crippen LogP contribution in [-0.4, -0.2) is 30.6 Å². The third kappa shape index (κ3) is 3.45. The van der Waals surface area contributed by atoms with Crippen molar-refractivity contribution in [2.45, 2.75) is 25.2 Å². The summed E-state index contributed by atoms with van der Waals surface area (Å²) in [6.07, 6.45) is 3.29. The van der Waals surface area contributed by atoms with Crippen LogP contribution in [-0.2, 0) is 10.2 Å². The van der Waals surface area contributed by atoms with Gasteiger partial charge in [-0.3, -0.25) is 9.59 Å². The number of pyridine rings is 1. The molecule has 0 radical (unpaired) electrons. The molecule has 1 fully saturated rings. The molecule has 1 aromatic heterocycles. The number of carbonyl (C=O) groups is 2. The number of nitrogens with zero attached hydrogens (tertiary/aromatic N) is 1. The van der Waals surface area contributed by atoms with Crippen LogP contribution >= 0.6 is 0 Å². The highest BCUT2D eigenvalue weighted by molar-refractivity contribution is 6.01. The topological polar surface area (TPSA) is 89.6 Å². The number of ether oxygens (including phenoxy) is 2. The maximum absolute atomic E-state index is 13.1. The smallest absolute Gasteiger partial charge is 0.251 e. The summed E-state index contributed by atoms with van der Waals surface area (Å²) in [5.41, 5.74) is 3.72. The van der Waals surface area contributed by atoms with Gasteiger partial charge < -0.3 is 20.1 Å². The molecule has 0 unspecified atom stereocenters. The summed E-state index contributed by atoms with van der Waals surface area (Å²) in [4.78, 5) is 29.6. The summed E-state index contributed by atoms with van der Waals surface area (Å²) in [7, 11) is 1.61. The normalized spacial score (nSPS) is 15.2. The Kier molecular flexibility index (Phi) is 4.81. The number of anilines is 1. The van der Waals surface area contributed by atoms with Gasteiger partial charge in [-0.25, -0.2) is 4.98 Å². The van der Waals surface area contributed by atoms with E-state index < -0.39 is 5.41 Å². The summed E-state index contributed by atoms with van der Waals surface area (Å²) >= 11 is 0. The monoisotopic (exact) mass is 429 g/mol. The van der Waals surface area contributed by atoms with Gasteiger partial charge >= 0.3 is 0 Å². The van der Waals surface area contributed by atoms with Crippen LogP contribution in [0.2, 0.25) is 0 Å². The van der Waals surface area contributed by atoms with Crippen molar-refractivity contribution in [3.63, 3.8) is 0 Å². The second-order valence-electron chi connectivity index (χ2n) is 8.15. The molecule has 1 aliphatic carbocycles. The summed E-state index contributed by atoms with van der Waals surface area (Å²) in [6.45, 7) is 2.17. The van der Waals surface area contributed by atoms with E-state index in [4.69, 9.17) is 9.47 Å². The Morgan fingerprint density at radius 2 is 1.84 bits per heavy atom.